The fraction of sp³-hybridized carbons (Fsp3) is 0.238. The average molecular weight is 366 g/mol. The molecule has 134 valence electrons. The highest BCUT2D eigenvalue weighted by Gasteiger charge is 2.10. The summed E-state index contributed by atoms with van der Waals surface area (Å²) < 4.78 is 10.7. The molecule has 3 rings (SSSR count). The lowest BCUT2D eigenvalue weighted by Crippen LogP contribution is -1.95. The van der Waals surface area contributed by atoms with E-state index < -0.39 is 0 Å². The SMILES string of the molecule is COc1ccc(OC)c(-c2ccc(SCc3cc(C)ccc3C)nn2)c1. The van der Waals surface area contributed by atoms with Crippen molar-refractivity contribution in [1.82, 2.24) is 10.2 Å². The Labute approximate surface area is 158 Å². The van der Waals surface area contributed by atoms with E-state index >= 15 is 0 Å². The minimum Gasteiger partial charge on any atom is -0.497 e. The molecule has 0 aliphatic carbocycles. The normalized spacial score (nSPS) is 10.6. The monoisotopic (exact) mass is 366 g/mol. The molecule has 0 aliphatic rings. The Morgan fingerprint density at radius 2 is 1.73 bits per heavy atom. The van der Waals surface area contributed by atoms with Crippen LogP contribution in [0.4, 0.5) is 0 Å². The molecular formula is C21H22N2O2S. The van der Waals surface area contributed by atoms with Crippen LogP contribution in [0, 0.1) is 13.8 Å². The van der Waals surface area contributed by atoms with Gasteiger partial charge in [0.2, 0.25) is 0 Å². The van der Waals surface area contributed by atoms with Gasteiger partial charge in [0.05, 0.1) is 19.9 Å². The summed E-state index contributed by atoms with van der Waals surface area (Å²) in [5.74, 6) is 2.39. The molecule has 0 fully saturated rings. The molecule has 5 heteroatoms. The van der Waals surface area contributed by atoms with Crippen molar-refractivity contribution in [2.45, 2.75) is 24.6 Å². The Hall–Kier alpha value is -2.53. The summed E-state index contributed by atoms with van der Waals surface area (Å²) in [5.41, 5.74) is 5.53. The van der Waals surface area contributed by atoms with Gasteiger partial charge in [-0.1, -0.05) is 35.5 Å². The number of aryl methyl sites for hydroxylation is 2. The summed E-state index contributed by atoms with van der Waals surface area (Å²) in [6, 6.07) is 16.1. The molecule has 1 heterocycles. The van der Waals surface area contributed by atoms with Crippen LogP contribution in [0.3, 0.4) is 0 Å². The van der Waals surface area contributed by atoms with Gasteiger partial charge in [0.15, 0.2) is 0 Å². The second-order valence-corrected chi connectivity index (χ2v) is 7.04. The minimum absolute atomic E-state index is 0.746. The first-order valence-corrected chi connectivity index (χ1v) is 9.34. The quantitative estimate of drug-likeness (QED) is 0.570. The molecule has 0 atom stereocenters. The summed E-state index contributed by atoms with van der Waals surface area (Å²) in [7, 11) is 3.29. The highest BCUT2D eigenvalue weighted by atomic mass is 32.2. The predicted molar refractivity (Wildman–Crippen MR) is 106 cm³/mol. The highest BCUT2D eigenvalue weighted by Crippen LogP contribution is 2.32. The maximum Gasteiger partial charge on any atom is 0.128 e. The number of nitrogens with zero attached hydrogens (tertiary/aromatic N) is 2. The number of thioether (sulfide) groups is 1. The number of methoxy groups -OCH3 is 2. The van der Waals surface area contributed by atoms with Gasteiger partial charge < -0.3 is 9.47 Å². The zero-order chi connectivity index (χ0) is 18.5. The Morgan fingerprint density at radius 1 is 0.885 bits per heavy atom. The van der Waals surface area contributed by atoms with Gasteiger partial charge in [-0.05, 0) is 55.3 Å². The van der Waals surface area contributed by atoms with Gasteiger partial charge in [0.1, 0.15) is 16.5 Å². The van der Waals surface area contributed by atoms with Crippen molar-refractivity contribution in [2.75, 3.05) is 14.2 Å². The van der Waals surface area contributed by atoms with Gasteiger partial charge in [-0.2, -0.15) is 0 Å². The fourth-order valence-corrected chi connectivity index (χ4v) is 3.54. The molecule has 0 bridgehead atoms. The summed E-state index contributed by atoms with van der Waals surface area (Å²) >= 11 is 1.69. The van der Waals surface area contributed by atoms with Crippen LogP contribution in [0.2, 0.25) is 0 Å². The molecule has 0 radical (unpaired) electrons. The van der Waals surface area contributed by atoms with Crippen LogP contribution in [-0.2, 0) is 5.75 Å². The third-order valence-electron chi connectivity index (χ3n) is 4.20. The summed E-state index contributed by atoms with van der Waals surface area (Å²) in [6.07, 6.45) is 0. The molecule has 0 unspecified atom stereocenters. The van der Waals surface area contributed by atoms with Gasteiger partial charge in [0.25, 0.3) is 0 Å². The predicted octanol–water partition coefficient (Wildman–Crippen LogP) is 5.07. The van der Waals surface area contributed by atoms with Gasteiger partial charge in [-0.15, -0.1) is 10.2 Å². The Balaban J connectivity index is 1.77. The van der Waals surface area contributed by atoms with Crippen LogP contribution in [0.15, 0.2) is 53.6 Å². The topological polar surface area (TPSA) is 44.2 Å². The zero-order valence-electron chi connectivity index (χ0n) is 15.4. The lowest BCUT2D eigenvalue weighted by atomic mass is 10.1. The van der Waals surface area contributed by atoms with E-state index in [1.807, 2.05) is 30.3 Å². The van der Waals surface area contributed by atoms with Crippen molar-refractivity contribution >= 4 is 11.8 Å². The van der Waals surface area contributed by atoms with Gasteiger partial charge in [0, 0.05) is 11.3 Å². The zero-order valence-corrected chi connectivity index (χ0v) is 16.3. The molecule has 0 saturated heterocycles. The van der Waals surface area contributed by atoms with E-state index in [2.05, 4.69) is 42.2 Å². The van der Waals surface area contributed by atoms with Crippen LogP contribution in [0.1, 0.15) is 16.7 Å². The van der Waals surface area contributed by atoms with Crippen LogP contribution < -0.4 is 9.47 Å². The number of rotatable bonds is 6. The molecule has 26 heavy (non-hydrogen) atoms. The number of ether oxygens (including phenoxy) is 2. The minimum atomic E-state index is 0.746. The number of aromatic nitrogens is 2. The van der Waals surface area contributed by atoms with E-state index in [0.29, 0.717) is 0 Å². The number of benzene rings is 2. The van der Waals surface area contributed by atoms with E-state index in [1.54, 1.807) is 26.0 Å². The van der Waals surface area contributed by atoms with E-state index in [-0.39, 0.29) is 0 Å². The molecule has 0 saturated carbocycles. The maximum absolute atomic E-state index is 5.43. The summed E-state index contributed by atoms with van der Waals surface area (Å²) in [5, 5.41) is 9.65. The summed E-state index contributed by atoms with van der Waals surface area (Å²) in [4.78, 5) is 0. The second kappa shape index (κ2) is 8.23. The number of hydrogen-bond acceptors (Lipinski definition) is 5. The first kappa shape index (κ1) is 18.3. The molecule has 4 nitrogen and oxygen atoms in total. The average Bonchev–Trinajstić information content (AvgIpc) is 2.68. The Bertz CT molecular complexity index is 895. The van der Waals surface area contributed by atoms with Gasteiger partial charge in [-0.25, -0.2) is 0 Å². The molecule has 0 spiro atoms. The standard InChI is InChI=1S/C21H22N2O2S/c1-14-5-6-15(2)16(11-14)13-26-21-10-8-19(22-23-21)18-12-17(24-3)7-9-20(18)25-4/h5-12H,13H2,1-4H3. The van der Waals surface area contributed by atoms with Crippen molar-refractivity contribution in [1.29, 1.82) is 0 Å². The van der Waals surface area contributed by atoms with Crippen LogP contribution >= 0.6 is 11.8 Å². The molecule has 0 aliphatic heterocycles. The fourth-order valence-electron chi connectivity index (χ4n) is 2.66. The molecule has 0 amide bonds. The van der Waals surface area contributed by atoms with E-state index in [1.165, 1.54) is 16.7 Å². The highest BCUT2D eigenvalue weighted by molar-refractivity contribution is 7.98. The number of hydrogen-bond donors (Lipinski definition) is 0. The van der Waals surface area contributed by atoms with Crippen molar-refractivity contribution in [2.24, 2.45) is 0 Å². The molecule has 1 aromatic heterocycles. The molecule has 3 aromatic rings. The second-order valence-electron chi connectivity index (χ2n) is 6.04. The largest absolute Gasteiger partial charge is 0.497 e. The Kier molecular flexibility index (Phi) is 5.78. The van der Waals surface area contributed by atoms with Gasteiger partial charge >= 0.3 is 0 Å². The van der Waals surface area contributed by atoms with Crippen molar-refractivity contribution in [3.63, 3.8) is 0 Å². The molecule has 2 aromatic carbocycles. The lowest BCUT2D eigenvalue weighted by molar-refractivity contribution is 0.404. The molecule has 0 N–H and O–H groups in total. The third-order valence-corrected chi connectivity index (χ3v) is 5.17. The van der Waals surface area contributed by atoms with Crippen LogP contribution in [0.25, 0.3) is 11.3 Å². The van der Waals surface area contributed by atoms with Crippen molar-refractivity contribution in [3.8, 4) is 22.8 Å². The summed E-state index contributed by atoms with van der Waals surface area (Å²) in [6.45, 7) is 4.25. The maximum atomic E-state index is 5.43. The first-order valence-electron chi connectivity index (χ1n) is 8.36. The van der Waals surface area contributed by atoms with E-state index in [4.69, 9.17) is 9.47 Å². The van der Waals surface area contributed by atoms with E-state index in [0.717, 1.165) is 33.5 Å². The van der Waals surface area contributed by atoms with Crippen LogP contribution in [-0.4, -0.2) is 24.4 Å². The van der Waals surface area contributed by atoms with Gasteiger partial charge in [-0.3, -0.25) is 0 Å². The van der Waals surface area contributed by atoms with Crippen LogP contribution in [0.5, 0.6) is 11.5 Å². The smallest absolute Gasteiger partial charge is 0.128 e. The Morgan fingerprint density at radius 3 is 2.42 bits per heavy atom. The van der Waals surface area contributed by atoms with E-state index in [9.17, 15) is 0 Å². The third kappa shape index (κ3) is 4.17. The van der Waals surface area contributed by atoms with Crippen molar-refractivity contribution in [3.05, 3.63) is 65.2 Å². The first-order chi connectivity index (χ1) is 12.6. The van der Waals surface area contributed by atoms with Crippen molar-refractivity contribution < 1.29 is 9.47 Å². The molecular weight excluding hydrogens is 344 g/mol. The lowest BCUT2D eigenvalue weighted by Gasteiger charge is -2.10.